The Bertz CT molecular complexity index is 568. The summed E-state index contributed by atoms with van der Waals surface area (Å²) >= 11 is 1.64. The van der Waals surface area contributed by atoms with Crippen LogP contribution in [-0.4, -0.2) is 20.4 Å². The minimum atomic E-state index is -0.114. The summed E-state index contributed by atoms with van der Waals surface area (Å²) in [5.74, 6) is -0.114. The number of nitrogens with zero attached hydrogens (tertiary/aromatic N) is 3. The zero-order valence-corrected chi connectivity index (χ0v) is 12.4. The van der Waals surface area contributed by atoms with Gasteiger partial charge in [-0.15, -0.1) is 11.3 Å². The maximum absolute atomic E-state index is 12.2. The SMILES string of the molecule is CC[C@H](NC(=O)c1cncn1C)c1nc(C)c(C)s1. The Hall–Kier alpha value is -1.69. The average molecular weight is 278 g/mol. The standard InChI is InChI=1S/C13H18N4OS/c1-5-10(13-15-8(2)9(3)19-13)16-12(18)11-6-14-7-17(11)4/h6-7,10H,5H2,1-4H3,(H,16,18)/t10-/m0/s1. The van der Waals surface area contributed by atoms with Gasteiger partial charge in [-0.25, -0.2) is 9.97 Å². The number of thiazole rings is 1. The van der Waals surface area contributed by atoms with Crippen molar-refractivity contribution in [1.29, 1.82) is 0 Å². The number of aromatic nitrogens is 3. The van der Waals surface area contributed by atoms with Crippen LogP contribution in [0.1, 0.15) is 45.5 Å². The Morgan fingerprint density at radius 3 is 2.74 bits per heavy atom. The molecule has 1 atom stereocenters. The molecule has 2 aromatic heterocycles. The van der Waals surface area contributed by atoms with Crippen molar-refractivity contribution in [3.63, 3.8) is 0 Å². The molecule has 0 aliphatic carbocycles. The van der Waals surface area contributed by atoms with E-state index in [-0.39, 0.29) is 11.9 Å². The molecular formula is C13H18N4OS. The van der Waals surface area contributed by atoms with E-state index in [0.717, 1.165) is 17.1 Å². The zero-order chi connectivity index (χ0) is 14.0. The molecule has 0 radical (unpaired) electrons. The molecule has 0 bridgehead atoms. The molecule has 0 saturated heterocycles. The first-order valence-corrected chi connectivity index (χ1v) is 7.05. The Morgan fingerprint density at radius 1 is 1.53 bits per heavy atom. The highest BCUT2D eigenvalue weighted by atomic mass is 32.1. The van der Waals surface area contributed by atoms with E-state index in [9.17, 15) is 4.79 Å². The van der Waals surface area contributed by atoms with Gasteiger partial charge in [0.2, 0.25) is 0 Å². The van der Waals surface area contributed by atoms with Crippen LogP contribution < -0.4 is 5.32 Å². The van der Waals surface area contributed by atoms with Crippen LogP contribution in [0, 0.1) is 13.8 Å². The number of carbonyl (C=O) groups excluding carboxylic acids is 1. The van der Waals surface area contributed by atoms with Gasteiger partial charge in [-0.2, -0.15) is 0 Å². The fourth-order valence-corrected chi connectivity index (χ4v) is 2.85. The molecule has 0 saturated carbocycles. The molecule has 19 heavy (non-hydrogen) atoms. The summed E-state index contributed by atoms with van der Waals surface area (Å²) in [6.45, 7) is 6.08. The predicted molar refractivity (Wildman–Crippen MR) is 75.3 cm³/mol. The number of amides is 1. The molecule has 0 aliphatic rings. The van der Waals surface area contributed by atoms with Crippen LogP contribution in [0.25, 0.3) is 0 Å². The first kappa shape index (κ1) is 13.7. The van der Waals surface area contributed by atoms with Gasteiger partial charge in [-0.05, 0) is 20.3 Å². The van der Waals surface area contributed by atoms with Gasteiger partial charge in [-0.3, -0.25) is 4.79 Å². The number of hydrogen-bond donors (Lipinski definition) is 1. The van der Waals surface area contributed by atoms with Gasteiger partial charge in [0.1, 0.15) is 10.7 Å². The van der Waals surface area contributed by atoms with Crippen molar-refractivity contribution in [1.82, 2.24) is 19.9 Å². The van der Waals surface area contributed by atoms with E-state index in [2.05, 4.69) is 15.3 Å². The fraction of sp³-hybridized carbons (Fsp3) is 0.462. The van der Waals surface area contributed by atoms with Crippen LogP contribution in [-0.2, 0) is 7.05 Å². The first-order chi connectivity index (χ1) is 9.02. The maximum Gasteiger partial charge on any atom is 0.270 e. The highest BCUT2D eigenvalue weighted by Gasteiger charge is 2.19. The van der Waals surface area contributed by atoms with Gasteiger partial charge >= 0.3 is 0 Å². The molecule has 0 aliphatic heterocycles. The summed E-state index contributed by atoms with van der Waals surface area (Å²) in [4.78, 5) is 21.8. The van der Waals surface area contributed by atoms with E-state index >= 15 is 0 Å². The van der Waals surface area contributed by atoms with Gasteiger partial charge in [0.15, 0.2) is 0 Å². The van der Waals surface area contributed by atoms with E-state index in [0.29, 0.717) is 5.69 Å². The lowest BCUT2D eigenvalue weighted by Crippen LogP contribution is -2.29. The van der Waals surface area contributed by atoms with Crippen molar-refractivity contribution in [2.75, 3.05) is 0 Å². The fourth-order valence-electron chi connectivity index (χ4n) is 1.79. The van der Waals surface area contributed by atoms with Gasteiger partial charge in [0.05, 0.1) is 24.3 Å². The minimum absolute atomic E-state index is 0.0419. The number of hydrogen-bond acceptors (Lipinski definition) is 4. The van der Waals surface area contributed by atoms with Crippen LogP contribution in [0.15, 0.2) is 12.5 Å². The highest BCUT2D eigenvalue weighted by Crippen LogP contribution is 2.25. The first-order valence-electron chi connectivity index (χ1n) is 6.24. The molecule has 0 spiro atoms. The largest absolute Gasteiger partial charge is 0.341 e. The second-order valence-electron chi connectivity index (χ2n) is 4.52. The second kappa shape index (κ2) is 5.52. The minimum Gasteiger partial charge on any atom is -0.341 e. The van der Waals surface area contributed by atoms with Crippen molar-refractivity contribution in [3.05, 3.63) is 33.8 Å². The van der Waals surface area contributed by atoms with Crippen molar-refractivity contribution >= 4 is 17.2 Å². The molecule has 0 unspecified atom stereocenters. The van der Waals surface area contributed by atoms with Gasteiger partial charge in [0.25, 0.3) is 5.91 Å². The molecule has 1 N–H and O–H groups in total. The van der Waals surface area contributed by atoms with Gasteiger partial charge in [0, 0.05) is 11.9 Å². The van der Waals surface area contributed by atoms with Crippen LogP contribution in [0.5, 0.6) is 0 Å². The molecule has 0 aromatic carbocycles. The summed E-state index contributed by atoms with van der Waals surface area (Å²) in [5.41, 5.74) is 1.59. The molecule has 2 rings (SSSR count). The molecule has 2 heterocycles. The summed E-state index contributed by atoms with van der Waals surface area (Å²) in [6, 6.07) is -0.0419. The maximum atomic E-state index is 12.2. The Balaban J connectivity index is 2.16. The third-order valence-corrected chi connectivity index (χ3v) is 4.29. The molecule has 2 aromatic rings. The van der Waals surface area contributed by atoms with E-state index in [4.69, 9.17) is 0 Å². The Labute approximate surface area is 116 Å². The number of aryl methyl sites for hydroxylation is 3. The topological polar surface area (TPSA) is 59.8 Å². The summed E-state index contributed by atoms with van der Waals surface area (Å²) < 4.78 is 1.71. The van der Waals surface area contributed by atoms with Crippen LogP contribution in [0.2, 0.25) is 0 Å². The molecule has 5 nitrogen and oxygen atoms in total. The molecular weight excluding hydrogens is 260 g/mol. The van der Waals surface area contributed by atoms with E-state index in [1.807, 2.05) is 20.8 Å². The van der Waals surface area contributed by atoms with Crippen molar-refractivity contribution in [2.24, 2.45) is 7.05 Å². The number of carbonyl (C=O) groups is 1. The summed E-state index contributed by atoms with van der Waals surface area (Å²) in [5, 5.41) is 3.98. The lowest BCUT2D eigenvalue weighted by atomic mass is 10.2. The smallest absolute Gasteiger partial charge is 0.270 e. The van der Waals surface area contributed by atoms with Crippen molar-refractivity contribution in [2.45, 2.75) is 33.2 Å². The summed E-state index contributed by atoms with van der Waals surface area (Å²) in [6.07, 6.45) is 4.00. The van der Waals surface area contributed by atoms with E-state index in [1.165, 1.54) is 4.88 Å². The number of imidazole rings is 1. The van der Waals surface area contributed by atoms with Crippen LogP contribution >= 0.6 is 11.3 Å². The number of rotatable bonds is 4. The van der Waals surface area contributed by atoms with Gasteiger partial charge < -0.3 is 9.88 Å². The zero-order valence-electron chi connectivity index (χ0n) is 11.6. The molecule has 6 heteroatoms. The Kier molecular flexibility index (Phi) is 3.99. The van der Waals surface area contributed by atoms with Crippen LogP contribution in [0.4, 0.5) is 0 Å². The normalized spacial score (nSPS) is 12.4. The summed E-state index contributed by atoms with van der Waals surface area (Å²) in [7, 11) is 1.81. The third-order valence-electron chi connectivity index (χ3n) is 3.11. The predicted octanol–water partition coefficient (Wildman–Crippen LogP) is 2.37. The molecule has 0 fully saturated rings. The lowest BCUT2D eigenvalue weighted by molar-refractivity contribution is 0.0927. The van der Waals surface area contributed by atoms with Gasteiger partial charge in [-0.1, -0.05) is 6.92 Å². The molecule has 102 valence electrons. The quantitative estimate of drug-likeness (QED) is 0.934. The second-order valence-corrected chi connectivity index (χ2v) is 5.75. The highest BCUT2D eigenvalue weighted by molar-refractivity contribution is 7.11. The molecule has 1 amide bonds. The Morgan fingerprint density at radius 2 is 2.26 bits per heavy atom. The van der Waals surface area contributed by atoms with Crippen molar-refractivity contribution < 1.29 is 4.79 Å². The third kappa shape index (κ3) is 2.84. The average Bonchev–Trinajstić information content (AvgIpc) is 2.93. The van der Waals surface area contributed by atoms with E-state index < -0.39 is 0 Å². The number of nitrogens with one attached hydrogen (secondary N) is 1. The monoisotopic (exact) mass is 278 g/mol. The van der Waals surface area contributed by atoms with Crippen molar-refractivity contribution in [3.8, 4) is 0 Å². The van der Waals surface area contributed by atoms with E-state index in [1.54, 1.807) is 35.5 Å². The lowest BCUT2D eigenvalue weighted by Gasteiger charge is -2.14. The van der Waals surface area contributed by atoms with Crippen LogP contribution in [0.3, 0.4) is 0 Å².